The van der Waals surface area contributed by atoms with E-state index < -0.39 is 10.0 Å². The molecule has 0 saturated carbocycles. The van der Waals surface area contributed by atoms with E-state index >= 15 is 0 Å². The molecule has 0 aromatic heterocycles. The van der Waals surface area contributed by atoms with Crippen molar-refractivity contribution in [2.24, 2.45) is 0 Å². The van der Waals surface area contributed by atoms with Crippen molar-refractivity contribution in [2.45, 2.75) is 17.9 Å². The fourth-order valence-electron chi connectivity index (χ4n) is 2.84. The van der Waals surface area contributed by atoms with E-state index in [2.05, 4.69) is 5.32 Å². The summed E-state index contributed by atoms with van der Waals surface area (Å²) >= 11 is 5.90. The van der Waals surface area contributed by atoms with E-state index in [1.165, 1.54) is 10.4 Å². The zero-order chi connectivity index (χ0) is 18.4. The largest absolute Gasteiger partial charge is 0.383 e. The Kier molecular flexibility index (Phi) is 7.21. The molecule has 1 amide bonds. The molecule has 2 N–H and O–H groups in total. The number of carbonyl (C=O) groups is 1. The minimum Gasteiger partial charge on any atom is -0.383 e. The Hall–Kier alpha value is -1.19. The second kappa shape index (κ2) is 8.95. The van der Waals surface area contributed by atoms with Crippen molar-refractivity contribution >= 4 is 27.5 Å². The number of quaternary nitrogens is 1. The van der Waals surface area contributed by atoms with Crippen LogP contribution in [-0.4, -0.2) is 71.1 Å². The second-order valence-electron chi connectivity index (χ2n) is 6.03. The molecule has 2 rings (SSSR count). The summed E-state index contributed by atoms with van der Waals surface area (Å²) in [5.41, 5.74) is 0. The zero-order valence-electron chi connectivity index (χ0n) is 14.5. The highest BCUT2D eigenvalue weighted by Crippen LogP contribution is 2.19. The lowest BCUT2D eigenvalue weighted by molar-refractivity contribution is -0.917. The summed E-state index contributed by atoms with van der Waals surface area (Å²) in [5.74, 6) is -0.0433. The Labute approximate surface area is 153 Å². The first-order valence-corrected chi connectivity index (χ1v) is 10.0. The Morgan fingerprint density at radius 1 is 1.40 bits per heavy atom. The highest BCUT2D eigenvalue weighted by molar-refractivity contribution is 7.89. The predicted molar refractivity (Wildman–Crippen MR) is 95.3 cm³/mol. The van der Waals surface area contributed by atoms with Crippen LogP contribution in [0, 0.1) is 0 Å². The first-order chi connectivity index (χ1) is 11.9. The monoisotopic (exact) mass is 390 g/mol. The van der Waals surface area contributed by atoms with Gasteiger partial charge in [-0.05, 0) is 25.1 Å². The van der Waals surface area contributed by atoms with Crippen LogP contribution in [0.15, 0.2) is 29.2 Å². The molecule has 1 aliphatic rings. The van der Waals surface area contributed by atoms with E-state index in [0.717, 1.165) is 4.90 Å². The predicted octanol–water partition coefficient (Wildman–Crippen LogP) is -0.620. The van der Waals surface area contributed by atoms with E-state index in [0.29, 0.717) is 44.4 Å². The minimum absolute atomic E-state index is 0.0433. The minimum atomic E-state index is -3.55. The maximum atomic E-state index is 12.7. The third-order valence-corrected chi connectivity index (χ3v) is 6.54. The van der Waals surface area contributed by atoms with E-state index in [1.54, 1.807) is 25.3 Å². The molecular weight excluding hydrogens is 366 g/mol. The van der Waals surface area contributed by atoms with Gasteiger partial charge in [-0.25, -0.2) is 8.42 Å². The van der Waals surface area contributed by atoms with Gasteiger partial charge in [-0.15, -0.1) is 0 Å². The summed E-state index contributed by atoms with van der Waals surface area (Å²) in [6, 6.07) is 6.05. The van der Waals surface area contributed by atoms with Crippen molar-refractivity contribution < 1.29 is 22.8 Å². The molecule has 1 saturated heterocycles. The van der Waals surface area contributed by atoms with Gasteiger partial charge in [-0.1, -0.05) is 17.7 Å². The summed E-state index contributed by atoms with van der Waals surface area (Å²) < 4.78 is 31.7. The number of rotatable bonds is 7. The molecule has 0 bridgehead atoms. The van der Waals surface area contributed by atoms with E-state index in [-0.39, 0.29) is 16.8 Å². The van der Waals surface area contributed by atoms with Gasteiger partial charge in [0.05, 0.1) is 37.7 Å². The fourth-order valence-corrected chi connectivity index (χ4v) is 4.58. The molecule has 25 heavy (non-hydrogen) atoms. The van der Waals surface area contributed by atoms with Gasteiger partial charge in [0.25, 0.3) is 5.91 Å². The average molecular weight is 391 g/mol. The number of hydrogen-bond acceptors (Lipinski definition) is 4. The number of methoxy groups -OCH3 is 1. The fraction of sp³-hybridized carbons (Fsp3) is 0.562. The van der Waals surface area contributed by atoms with Crippen molar-refractivity contribution in [1.29, 1.82) is 0 Å². The lowest BCUT2D eigenvalue weighted by Crippen LogP contribution is -3.19. The van der Waals surface area contributed by atoms with E-state index in [9.17, 15) is 13.2 Å². The molecule has 0 radical (unpaired) electrons. The third-order valence-electron chi connectivity index (χ3n) is 4.41. The number of sulfonamides is 1. The summed E-state index contributed by atoms with van der Waals surface area (Å²) in [4.78, 5) is 13.4. The molecule has 0 spiro atoms. The number of piperazine rings is 1. The maximum absolute atomic E-state index is 12.7. The van der Waals surface area contributed by atoms with Crippen molar-refractivity contribution in [3.05, 3.63) is 29.3 Å². The molecule has 1 aromatic rings. The molecule has 140 valence electrons. The van der Waals surface area contributed by atoms with Gasteiger partial charge in [0.2, 0.25) is 10.0 Å². The summed E-state index contributed by atoms with van der Waals surface area (Å²) in [5, 5.41) is 3.22. The average Bonchev–Trinajstić information content (AvgIpc) is 2.61. The summed E-state index contributed by atoms with van der Waals surface area (Å²) in [7, 11) is -1.97. The van der Waals surface area contributed by atoms with Crippen LogP contribution < -0.4 is 10.2 Å². The van der Waals surface area contributed by atoms with Crippen LogP contribution in [0.4, 0.5) is 0 Å². The molecule has 7 nitrogen and oxygen atoms in total. The van der Waals surface area contributed by atoms with Crippen LogP contribution >= 0.6 is 11.6 Å². The Balaban J connectivity index is 1.93. The second-order valence-corrected chi connectivity index (χ2v) is 8.40. The lowest BCUT2D eigenvalue weighted by Gasteiger charge is -2.34. The maximum Gasteiger partial charge on any atom is 0.278 e. The van der Waals surface area contributed by atoms with Gasteiger partial charge in [0.15, 0.2) is 6.04 Å². The molecular formula is C16H25ClN3O4S+. The number of carbonyl (C=O) groups excluding carboxylic acids is 1. The van der Waals surface area contributed by atoms with Gasteiger partial charge in [0.1, 0.15) is 0 Å². The zero-order valence-corrected chi connectivity index (χ0v) is 16.1. The van der Waals surface area contributed by atoms with Crippen molar-refractivity contribution in [2.75, 3.05) is 46.4 Å². The highest BCUT2D eigenvalue weighted by Gasteiger charge is 2.34. The SMILES string of the molecule is COCCNC(=O)[C@@H](C)[NH+]1CCN(S(=O)(=O)c2cccc(Cl)c2)CC1. The first-order valence-electron chi connectivity index (χ1n) is 8.23. The number of ether oxygens (including phenoxy) is 1. The molecule has 1 atom stereocenters. The van der Waals surface area contributed by atoms with E-state index in [1.807, 2.05) is 6.92 Å². The van der Waals surface area contributed by atoms with Crippen molar-refractivity contribution in [3.8, 4) is 0 Å². The normalized spacial score (nSPS) is 18.0. The topological polar surface area (TPSA) is 80.2 Å². The Bertz CT molecular complexity index is 690. The molecule has 9 heteroatoms. The Morgan fingerprint density at radius 3 is 2.68 bits per heavy atom. The lowest BCUT2D eigenvalue weighted by atomic mass is 10.2. The van der Waals surface area contributed by atoms with Crippen LogP contribution in [0.2, 0.25) is 5.02 Å². The smallest absolute Gasteiger partial charge is 0.278 e. The van der Waals surface area contributed by atoms with Crippen molar-refractivity contribution in [3.63, 3.8) is 0 Å². The van der Waals surface area contributed by atoms with Gasteiger partial charge in [-0.2, -0.15) is 4.31 Å². The van der Waals surface area contributed by atoms with Crippen LogP contribution in [0.1, 0.15) is 6.92 Å². The van der Waals surface area contributed by atoms with E-state index in [4.69, 9.17) is 16.3 Å². The molecule has 1 fully saturated rings. The van der Waals surface area contributed by atoms with Crippen LogP contribution in [-0.2, 0) is 19.6 Å². The highest BCUT2D eigenvalue weighted by atomic mass is 35.5. The van der Waals surface area contributed by atoms with Crippen molar-refractivity contribution in [1.82, 2.24) is 9.62 Å². The number of amides is 1. The third kappa shape index (κ3) is 5.15. The standard InChI is InChI=1S/C16H24ClN3O4S/c1-13(16(21)18-6-11-24-2)19-7-9-20(10-8-19)25(22,23)15-5-3-4-14(17)12-15/h3-5,12-13H,6-11H2,1-2H3,(H,18,21)/p+1/t13-/m1/s1. The molecule has 0 unspecified atom stereocenters. The molecule has 1 aliphatic heterocycles. The van der Waals surface area contributed by atoms with Gasteiger partial charge >= 0.3 is 0 Å². The molecule has 1 aromatic carbocycles. The van der Waals surface area contributed by atoms with Gasteiger partial charge in [-0.3, -0.25) is 4.79 Å². The molecule has 1 heterocycles. The van der Waals surface area contributed by atoms with Crippen LogP contribution in [0.5, 0.6) is 0 Å². The van der Waals surface area contributed by atoms with Gasteiger partial charge in [0, 0.05) is 18.7 Å². The Morgan fingerprint density at radius 2 is 2.08 bits per heavy atom. The number of halogens is 1. The van der Waals surface area contributed by atoms with Crippen LogP contribution in [0.3, 0.4) is 0 Å². The molecule has 0 aliphatic carbocycles. The summed E-state index contributed by atoms with van der Waals surface area (Å²) in [6.45, 7) is 4.72. The van der Waals surface area contributed by atoms with Gasteiger partial charge < -0.3 is 15.0 Å². The van der Waals surface area contributed by atoms with Crippen LogP contribution in [0.25, 0.3) is 0 Å². The number of hydrogen-bond donors (Lipinski definition) is 2. The quantitative estimate of drug-likeness (QED) is 0.608. The number of nitrogens with zero attached hydrogens (tertiary/aromatic N) is 1. The number of nitrogens with one attached hydrogen (secondary N) is 2. The number of benzene rings is 1. The summed E-state index contributed by atoms with van der Waals surface area (Å²) in [6.07, 6.45) is 0. The first kappa shape index (κ1) is 20.1.